The van der Waals surface area contributed by atoms with E-state index in [2.05, 4.69) is 14.7 Å². The van der Waals surface area contributed by atoms with Crippen LogP contribution in [0.25, 0.3) is 0 Å². The molecule has 0 aliphatic carbocycles. The molecule has 0 radical (unpaired) electrons. The molecule has 1 aliphatic heterocycles. The number of nitrogens with zero attached hydrogens (tertiary/aromatic N) is 2. The lowest BCUT2D eigenvalue weighted by atomic mass is 10.1. The predicted molar refractivity (Wildman–Crippen MR) is 72.8 cm³/mol. The summed E-state index contributed by atoms with van der Waals surface area (Å²) in [5.41, 5.74) is 1.51. The van der Waals surface area contributed by atoms with Crippen LogP contribution >= 0.6 is 0 Å². The Hall–Kier alpha value is -2.20. The highest BCUT2D eigenvalue weighted by Gasteiger charge is 2.34. The van der Waals surface area contributed by atoms with Gasteiger partial charge in [-0.05, 0) is 23.3 Å². The van der Waals surface area contributed by atoms with Crippen molar-refractivity contribution in [2.45, 2.75) is 24.3 Å². The molecule has 1 N–H and O–H groups in total. The third-order valence-electron chi connectivity index (χ3n) is 3.16. The molecule has 0 fully saturated rings. The third kappa shape index (κ3) is 3.27. The Bertz CT molecular complexity index is 836. The minimum absolute atomic E-state index is 0.0124. The molecule has 10 heteroatoms. The molecule has 0 bridgehead atoms. The Morgan fingerprint density at radius 3 is 2.39 bits per heavy atom. The quantitative estimate of drug-likeness (QED) is 0.923. The van der Waals surface area contributed by atoms with Gasteiger partial charge in [0.25, 0.3) is 10.0 Å². The second-order valence-electron chi connectivity index (χ2n) is 4.82. The molecular weight excluding hydrogens is 335 g/mol. The first kappa shape index (κ1) is 15.7. The lowest BCUT2D eigenvalue weighted by Crippen LogP contribution is -2.15. The van der Waals surface area contributed by atoms with E-state index in [1.807, 2.05) is 0 Å². The molecule has 2 heterocycles. The number of anilines is 1. The number of rotatable bonds is 3. The lowest BCUT2D eigenvalue weighted by molar-refractivity contribution is -0.144. The topological polar surface area (TPSA) is 81.2 Å². The largest absolute Gasteiger partial charge is 0.451 e. The molecule has 122 valence electrons. The van der Waals surface area contributed by atoms with Gasteiger partial charge in [0.2, 0.25) is 5.82 Å². The second-order valence-corrected chi connectivity index (χ2v) is 6.50. The van der Waals surface area contributed by atoms with Crippen LogP contribution in [0.2, 0.25) is 0 Å². The van der Waals surface area contributed by atoms with Crippen molar-refractivity contribution in [3.05, 3.63) is 47.5 Å². The van der Waals surface area contributed by atoms with E-state index in [1.54, 1.807) is 6.07 Å². The zero-order chi connectivity index (χ0) is 16.7. The molecule has 1 aromatic carbocycles. The Labute approximate surface area is 129 Å². The van der Waals surface area contributed by atoms with E-state index in [0.717, 1.165) is 23.5 Å². The first-order valence-electron chi connectivity index (χ1n) is 6.37. The summed E-state index contributed by atoms with van der Waals surface area (Å²) in [6.07, 6.45) is -3.15. The van der Waals surface area contributed by atoms with E-state index in [-0.39, 0.29) is 10.6 Å². The van der Waals surface area contributed by atoms with Gasteiger partial charge in [-0.25, -0.2) is 18.4 Å². The van der Waals surface area contributed by atoms with Crippen LogP contribution in [-0.2, 0) is 34.2 Å². The van der Waals surface area contributed by atoms with Crippen molar-refractivity contribution in [1.82, 2.24) is 9.97 Å². The molecule has 0 unspecified atom stereocenters. The zero-order valence-corrected chi connectivity index (χ0v) is 12.3. The van der Waals surface area contributed by atoms with Gasteiger partial charge >= 0.3 is 6.18 Å². The molecule has 0 spiro atoms. The number of hydrogen-bond acceptors (Lipinski definition) is 5. The van der Waals surface area contributed by atoms with Crippen molar-refractivity contribution in [2.75, 3.05) is 4.72 Å². The van der Waals surface area contributed by atoms with Crippen molar-refractivity contribution in [3.63, 3.8) is 0 Å². The Morgan fingerprint density at radius 1 is 1.09 bits per heavy atom. The summed E-state index contributed by atoms with van der Waals surface area (Å²) in [6, 6.07) is 4.51. The molecule has 0 atom stereocenters. The summed E-state index contributed by atoms with van der Waals surface area (Å²) < 4.78 is 69.0. The summed E-state index contributed by atoms with van der Waals surface area (Å²) in [4.78, 5) is 6.19. The first-order chi connectivity index (χ1) is 10.8. The highest BCUT2D eigenvalue weighted by atomic mass is 32.2. The van der Waals surface area contributed by atoms with Crippen LogP contribution in [0.4, 0.5) is 18.9 Å². The summed E-state index contributed by atoms with van der Waals surface area (Å²) in [6.45, 7) is 0.748. The normalized spacial score (nSPS) is 14.6. The predicted octanol–water partition coefficient (Wildman–Crippen LogP) is 2.33. The Morgan fingerprint density at radius 2 is 1.74 bits per heavy atom. The van der Waals surface area contributed by atoms with Crippen LogP contribution in [0, 0.1) is 0 Å². The molecule has 0 saturated carbocycles. The number of alkyl halides is 3. The van der Waals surface area contributed by atoms with Gasteiger partial charge < -0.3 is 4.74 Å². The molecule has 0 amide bonds. The summed E-state index contributed by atoms with van der Waals surface area (Å²) in [5, 5.41) is 0. The second kappa shape index (κ2) is 5.46. The molecule has 2 aromatic rings. The summed E-state index contributed by atoms with van der Waals surface area (Å²) in [5.74, 6) is -1.34. The number of benzene rings is 1. The standard InChI is InChI=1S/C13H10F3N3O3S/c14-13(15,16)12-17-4-10(5-18-12)19-23(20,21)11-2-1-8-6-22-7-9(8)3-11/h1-5,19H,6-7H2. The fraction of sp³-hybridized carbons (Fsp3) is 0.231. The van der Waals surface area contributed by atoms with Gasteiger partial charge in [-0.15, -0.1) is 0 Å². The maximum Gasteiger partial charge on any atom is 0.451 e. The molecular formula is C13H10F3N3O3S. The third-order valence-corrected chi connectivity index (χ3v) is 4.54. The number of aromatic nitrogens is 2. The molecule has 23 heavy (non-hydrogen) atoms. The van der Waals surface area contributed by atoms with Crippen molar-refractivity contribution in [3.8, 4) is 0 Å². The van der Waals surface area contributed by atoms with Crippen molar-refractivity contribution in [1.29, 1.82) is 0 Å². The molecule has 1 aliphatic rings. The van der Waals surface area contributed by atoms with Gasteiger partial charge in [0.15, 0.2) is 0 Å². The van der Waals surface area contributed by atoms with E-state index in [9.17, 15) is 21.6 Å². The maximum absolute atomic E-state index is 12.4. The zero-order valence-electron chi connectivity index (χ0n) is 11.5. The molecule has 0 saturated heterocycles. The molecule has 6 nitrogen and oxygen atoms in total. The van der Waals surface area contributed by atoms with Gasteiger partial charge in [-0.3, -0.25) is 4.72 Å². The van der Waals surface area contributed by atoms with Gasteiger partial charge in [-0.2, -0.15) is 13.2 Å². The summed E-state index contributed by atoms with van der Waals surface area (Å²) >= 11 is 0. The van der Waals surface area contributed by atoms with E-state index < -0.39 is 22.0 Å². The smallest absolute Gasteiger partial charge is 0.372 e. The van der Waals surface area contributed by atoms with Gasteiger partial charge in [-0.1, -0.05) is 6.07 Å². The molecule has 1 aromatic heterocycles. The highest BCUT2D eigenvalue weighted by molar-refractivity contribution is 7.92. The Balaban J connectivity index is 1.84. The van der Waals surface area contributed by atoms with Gasteiger partial charge in [0.1, 0.15) is 0 Å². The lowest BCUT2D eigenvalue weighted by Gasteiger charge is -2.09. The number of fused-ring (bicyclic) bond motifs is 1. The minimum Gasteiger partial charge on any atom is -0.372 e. The fourth-order valence-corrected chi connectivity index (χ4v) is 3.13. The monoisotopic (exact) mass is 345 g/mol. The SMILES string of the molecule is O=S(=O)(Nc1cnc(C(F)(F)F)nc1)c1ccc2c(c1)COC2. The van der Waals surface area contributed by atoms with Gasteiger partial charge in [0, 0.05) is 0 Å². The van der Waals surface area contributed by atoms with E-state index >= 15 is 0 Å². The first-order valence-corrected chi connectivity index (χ1v) is 7.86. The van der Waals surface area contributed by atoms with Crippen LogP contribution in [-0.4, -0.2) is 18.4 Å². The van der Waals surface area contributed by atoms with E-state index in [0.29, 0.717) is 13.2 Å². The summed E-state index contributed by atoms with van der Waals surface area (Å²) in [7, 11) is -3.95. The highest BCUT2D eigenvalue weighted by Crippen LogP contribution is 2.27. The van der Waals surface area contributed by atoms with Crippen LogP contribution in [0.1, 0.15) is 17.0 Å². The van der Waals surface area contributed by atoms with E-state index in [4.69, 9.17) is 4.74 Å². The average molecular weight is 345 g/mol. The van der Waals surface area contributed by atoms with Crippen molar-refractivity contribution in [2.24, 2.45) is 0 Å². The van der Waals surface area contributed by atoms with Crippen LogP contribution in [0.5, 0.6) is 0 Å². The minimum atomic E-state index is -4.68. The average Bonchev–Trinajstić information content (AvgIpc) is 2.93. The van der Waals surface area contributed by atoms with Crippen LogP contribution in [0.3, 0.4) is 0 Å². The Kier molecular flexibility index (Phi) is 3.72. The van der Waals surface area contributed by atoms with Gasteiger partial charge in [0.05, 0.1) is 36.2 Å². The van der Waals surface area contributed by atoms with Crippen LogP contribution < -0.4 is 4.72 Å². The number of nitrogens with one attached hydrogen (secondary N) is 1. The number of halogens is 3. The van der Waals surface area contributed by atoms with Crippen molar-refractivity contribution < 1.29 is 26.3 Å². The number of sulfonamides is 1. The number of hydrogen-bond donors (Lipinski definition) is 1. The van der Waals surface area contributed by atoms with Crippen molar-refractivity contribution >= 4 is 15.7 Å². The number of ether oxygens (including phenoxy) is 1. The molecule has 3 rings (SSSR count). The maximum atomic E-state index is 12.4. The fourth-order valence-electron chi connectivity index (χ4n) is 2.06. The van der Waals surface area contributed by atoms with E-state index in [1.165, 1.54) is 12.1 Å². The van der Waals surface area contributed by atoms with Crippen LogP contribution in [0.15, 0.2) is 35.5 Å².